The number of nitrogens with two attached hydrogens (primary N) is 1. The molecule has 0 heterocycles. The molecule has 0 unspecified atom stereocenters. The number of hydrogen-bond donors (Lipinski definition) is 3. The summed E-state index contributed by atoms with van der Waals surface area (Å²) >= 11 is 0. The summed E-state index contributed by atoms with van der Waals surface area (Å²) in [6, 6.07) is 9.01. The van der Waals surface area contributed by atoms with Gasteiger partial charge in [0.25, 0.3) is 5.91 Å². The second kappa shape index (κ2) is 7.65. The Balaban J connectivity index is 2.22. The molecule has 0 atom stereocenters. The summed E-state index contributed by atoms with van der Waals surface area (Å²) < 4.78 is 0. The van der Waals surface area contributed by atoms with Gasteiger partial charge in [-0.3, -0.25) is 9.59 Å². The zero-order valence-corrected chi connectivity index (χ0v) is 12.1. The zero-order chi connectivity index (χ0) is 15.0. The van der Waals surface area contributed by atoms with E-state index in [2.05, 4.69) is 10.6 Å². The van der Waals surface area contributed by atoms with E-state index in [4.69, 9.17) is 5.73 Å². The first-order chi connectivity index (χ1) is 9.44. The molecule has 0 bridgehead atoms. The lowest BCUT2D eigenvalue weighted by Gasteiger charge is -2.24. The molecule has 0 aliphatic rings. The van der Waals surface area contributed by atoms with Crippen LogP contribution in [0, 0.1) is 0 Å². The van der Waals surface area contributed by atoms with Crippen molar-refractivity contribution in [1.29, 1.82) is 0 Å². The second-order valence-corrected chi connectivity index (χ2v) is 5.36. The lowest BCUT2D eigenvalue weighted by Crippen LogP contribution is -2.48. The molecule has 0 fully saturated rings. The summed E-state index contributed by atoms with van der Waals surface area (Å²) in [5.41, 5.74) is 5.78. The molecule has 1 rings (SSSR count). The fourth-order valence-corrected chi connectivity index (χ4v) is 1.63. The maximum absolute atomic E-state index is 11.7. The molecule has 0 radical (unpaired) electrons. The van der Waals surface area contributed by atoms with Crippen LogP contribution in [0.2, 0.25) is 0 Å². The van der Waals surface area contributed by atoms with Crippen LogP contribution in [0.25, 0.3) is 0 Å². The third kappa shape index (κ3) is 5.84. The van der Waals surface area contributed by atoms with Crippen LogP contribution in [-0.4, -0.2) is 30.4 Å². The van der Waals surface area contributed by atoms with Crippen molar-refractivity contribution in [2.45, 2.75) is 32.2 Å². The van der Waals surface area contributed by atoms with Crippen LogP contribution in [-0.2, 0) is 4.79 Å². The van der Waals surface area contributed by atoms with Gasteiger partial charge in [0.1, 0.15) is 0 Å². The number of carbonyl (C=O) groups is 2. The third-order valence-corrected chi connectivity index (χ3v) is 2.89. The first kappa shape index (κ1) is 16.2. The molecule has 1 aromatic carbocycles. The SMILES string of the molecule is CC(C)(CN)NC(=O)CCCNC(=O)c1ccccc1. The molecule has 5 nitrogen and oxygen atoms in total. The van der Waals surface area contributed by atoms with Crippen molar-refractivity contribution in [2.24, 2.45) is 5.73 Å². The molecular weight excluding hydrogens is 254 g/mol. The molecule has 110 valence electrons. The van der Waals surface area contributed by atoms with Gasteiger partial charge in [-0.2, -0.15) is 0 Å². The molecule has 0 aromatic heterocycles. The summed E-state index contributed by atoms with van der Waals surface area (Å²) in [5, 5.41) is 5.64. The van der Waals surface area contributed by atoms with Crippen molar-refractivity contribution in [1.82, 2.24) is 10.6 Å². The minimum Gasteiger partial charge on any atom is -0.352 e. The van der Waals surface area contributed by atoms with E-state index in [9.17, 15) is 9.59 Å². The predicted molar refractivity (Wildman–Crippen MR) is 79.3 cm³/mol. The van der Waals surface area contributed by atoms with Crippen molar-refractivity contribution < 1.29 is 9.59 Å². The van der Waals surface area contributed by atoms with E-state index in [0.717, 1.165) is 0 Å². The molecule has 0 spiro atoms. The van der Waals surface area contributed by atoms with Gasteiger partial charge in [0, 0.05) is 30.6 Å². The van der Waals surface area contributed by atoms with Crippen molar-refractivity contribution in [3.05, 3.63) is 35.9 Å². The molecule has 20 heavy (non-hydrogen) atoms. The van der Waals surface area contributed by atoms with Crippen molar-refractivity contribution in [3.63, 3.8) is 0 Å². The summed E-state index contributed by atoms with van der Waals surface area (Å²) in [7, 11) is 0. The molecule has 2 amide bonds. The number of benzene rings is 1. The maximum atomic E-state index is 11.7. The van der Waals surface area contributed by atoms with E-state index in [-0.39, 0.29) is 17.4 Å². The average Bonchev–Trinajstić information content (AvgIpc) is 2.44. The van der Waals surface area contributed by atoms with Gasteiger partial charge in [-0.1, -0.05) is 18.2 Å². The van der Waals surface area contributed by atoms with Crippen molar-refractivity contribution in [3.8, 4) is 0 Å². The smallest absolute Gasteiger partial charge is 0.251 e. The fourth-order valence-electron chi connectivity index (χ4n) is 1.63. The van der Waals surface area contributed by atoms with Crippen LogP contribution in [0.15, 0.2) is 30.3 Å². The number of amides is 2. The highest BCUT2D eigenvalue weighted by Gasteiger charge is 2.17. The van der Waals surface area contributed by atoms with Gasteiger partial charge in [-0.05, 0) is 32.4 Å². The predicted octanol–water partition coefficient (Wildman–Crippen LogP) is 1.05. The van der Waals surface area contributed by atoms with E-state index in [1.807, 2.05) is 32.0 Å². The van der Waals surface area contributed by atoms with E-state index in [0.29, 0.717) is 31.5 Å². The first-order valence-electron chi connectivity index (χ1n) is 6.79. The quantitative estimate of drug-likeness (QED) is 0.651. The highest BCUT2D eigenvalue weighted by Crippen LogP contribution is 2.01. The lowest BCUT2D eigenvalue weighted by atomic mass is 10.1. The third-order valence-electron chi connectivity index (χ3n) is 2.89. The standard InChI is InChI=1S/C15H23N3O2/c1-15(2,11-16)18-13(19)9-6-10-17-14(20)12-7-4-3-5-8-12/h3-5,7-8H,6,9-11,16H2,1-2H3,(H,17,20)(H,18,19). The molecule has 0 saturated heterocycles. The summed E-state index contributed by atoms with van der Waals surface area (Å²) in [6.45, 7) is 4.62. The molecule has 0 saturated carbocycles. The van der Waals surface area contributed by atoms with Crippen LogP contribution in [0.4, 0.5) is 0 Å². The monoisotopic (exact) mass is 277 g/mol. The van der Waals surface area contributed by atoms with E-state index < -0.39 is 0 Å². The van der Waals surface area contributed by atoms with Gasteiger partial charge in [0.15, 0.2) is 0 Å². The maximum Gasteiger partial charge on any atom is 0.251 e. The number of hydrogen-bond acceptors (Lipinski definition) is 3. The van der Waals surface area contributed by atoms with Crippen LogP contribution in [0.3, 0.4) is 0 Å². The van der Waals surface area contributed by atoms with Crippen molar-refractivity contribution in [2.75, 3.05) is 13.1 Å². The van der Waals surface area contributed by atoms with Crippen LogP contribution < -0.4 is 16.4 Å². The first-order valence-corrected chi connectivity index (χ1v) is 6.79. The molecule has 5 heteroatoms. The van der Waals surface area contributed by atoms with Gasteiger partial charge >= 0.3 is 0 Å². The Morgan fingerprint density at radius 3 is 2.45 bits per heavy atom. The Hall–Kier alpha value is -1.88. The Morgan fingerprint density at radius 1 is 1.20 bits per heavy atom. The van der Waals surface area contributed by atoms with Gasteiger partial charge in [-0.25, -0.2) is 0 Å². The highest BCUT2D eigenvalue weighted by atomic mass is 16.2. The Bertz CT molecular complexity index is 444. The molecule has 0 aliphatic heterocycles. The summed E-state index contributed by atoms with van der Waals surface area (Å²) in [6.07, 6.45) is 0.976. The highest BCUT2D eigenvalue weighted by molar-refractivity contribution is 5.94. The summed E-state index contributed by atoms with van der Waals surface area (Å²) in [4.78, 5) is 23.4. The molecular formula is C15H23N3O2. The molecule has 1 aromatic rings. The summed E-state index contributed by atoms with van der Waals surface area (Å²) in [5.74, 6) is -0.164. The molecule has 0 aliphatic carbocycles. The van der Waals surface area contributed by atoms with Crippen LogP contribution >= 0.6 is 0 Å². The van der Waals surface area contributed by atoms with Gasteiger partial charge < -0.3 is 16.4 Å². The fraction of sp³-hybridized carbons (Fsp3) is 0.467. The normalized spacial score (nSPS) is 10.9. The van der Waals surface area contributed by atoms with Crippen LogP contribution in [0.5, 0.6) is 0 Å². The van der Waals surface area contributed by atoms with E-state index in [1.54, 1.807) is 12.1 Å². The molecule has 4 N–H and O–H groups in total. The Labute approximate surface area is 119 Å². The average molecular weight is 277 g/mol. The van der Waals surface area contributed by atoms with Gasteiger partial charge in [-0.15, -0.1) is 0 Å². The van der Waals surface area contributed by atoms with Crippen molar-refractivity contribution >= 4 is 11.8 Å². The topological polar surface area (TPSA) is 84.2 Å². The van der Waals surface area contributed by atoms with Gasteiger partial charge in [0.05, 0.1) is 0 Å². The lowest BCUT2D eigenvalue weighted by molar-refractivity contribution is -0.122. The zero-order valence-electron chi connectivity index (χ0n) is 12.1. The largest absolute Gasteiger partial charge is 0.352 e. The minimum atomic E-state index is -0.385. The minimum absolute atomic E-state index is 0.0468. The second-order valence-electron chi connectivity index (χ2n) is 5.36. The Kier molecular flexibility index (Phi) is 6.18. The Morgan fingerprint density at radius 2 is 1.85 bits per heavy atom. The number of nitrogens with one attached hydrogen (secondary N) is 2. The van der Waals surface area contributed by atoms with E-state index in [1.165, 1.54) is 0 Å². The van der Waals surface area contributed by atoms with Crippen LogP contribution in [0.1, 0.15) is 37.0 Å². The number of carbonyl (C=O) groups excluding carboxylic acids is 2. The number of rotatable bonds is 7. The van der Waals surface area contributed by atoms with Gasteiger partial charge in [0.2, 0.25) is 5.91 Å². The van der Waals surface area contributed by atoms with E-state index >= 15 is 0 Å².